The highest BCUT2D eigenvalue weighted by molar-refractivity contribution is 7.79. The molecule has 2 fully saturated rings. The fraction of sp³-hybridized carbons (Fsp3) is 1.00. The van der Waals surface area contributed by atoms with Crippen LogP contribution in [-0.2, 0) is 11.1 Å². The number of aliphatic hydroxyl groups excluding tert-OH is 1. The van der Waals surface area contributed by atoms with Gasteiger partial charge in [0.2, 0.25) is 0 Å². The van der Waals surface area contributed by atoms with Gasteiger partial charge in [0.25, 0.3) is 0 Å². The Kier molecular flexibility index (Phi) is 2.06. The predicted molar refractivity (Wildman–Crippen MR) is 48.7 cm³/mol. The average Bonchev–Trinajstić information content (AvgIpc) is 2.49. The van der Waals surface area contributed by atoms with Crippen LogP contribution in [0.2, 0.25) is 0 Å². The van der Waals surface area contributed by atoms with Gasteiger partial charge in [-0.15, -0.1) is 0 Å². The van der Waals surface area contributed by atoms with Crippen molar-refractivity contribution >= 4 is 11.1 Å². The summed E-state index contributed by atoms with van der Waals surface area (Å²) in [6, 6.07) is 0. The van der Waals surface area contributed by atoms with Crippen molar-refractivity contribution in [3.63, 3.8) is 0 Å². The van der Waals surface area contributed by atoms with E-state index >= 15 is 0 Å². The van der Waals surface area contributed by atoms with Crippen LogP contribution in [0.5, 0.6) is 0 Å². The summed E-state index contributed by atoms with van der Waals surface area (Å²) in [5.74, 6) is 0.674. The number of fused-ring (bicyclic) bond motifs is 2. The van der Waals surface area contributed by atoms with Crippen LogP contribution in [0.25, 0.3) is 0 Å². The first kappa shape index (κ1) is 9.62. The summed E-state index contributed by atoms with van der Waals surface area (Å²) < 4.78 is 21.9. The largest absolute Gasteiger partial charge is 0.772 e. The molecule has 3 nitrogen and oxygen atoms in total. The van der Waals surface area contributed by atoms with Crippen molar-refractivity contribution in [2.24, 2.45) is 17.3 Å². The maximum absolute atomic E-state index is 10.9. The van der Waals surface area contributed by atoms with Crippen molar-refractivity contribution in [3.8, 4) is 0 Å². The van der Waals surface area contributed by atoms with E-state index in [-0.39, 0.29) is 16.6 Å². The van der Waals surface area contributed by atoms with Crippen molar-refractivity contribution in [3.05, 3.63) is 0 Å². The first-order valence-electron chi connectivity index (χ1n) is 4.73. The van der Waals surface area contributed by atoms with Crippen LogP contribution in [0, 0.1) is 17.3 Å². The van der Waals surface area contributed by atoms with Gasteiger partial charge in [0, 0.05) is 10.7 Å². The molecular formula is C9H15O3S-. The Morgan fingerprint density at radius 2 is 2.23 bits per heavy atom. The van der Waals surface area contributed by atoms with Crippen molar-refractivity contribution in [2.45, 2.75) is 38.0 Å². The molecule has 2 saturated carbocycles. The summed E-state index contributed by atoms with van der Waals surface area (Å²) in [6.45, 7) is 3.92. The van der Waals surface area contributed by atoms with Crippen LogP contribution in [0.1, 0.15) is 26.7 Å². The second-order valence-electron chi connectivity index (χ2n) is 4.76. The maximum Gasteiger partial charge on any atom is 0.0633 e. The van der Waals surface area contributed by atoms with E-state index in [4.69, 9.17) is 0 Å². The Morgan fingerprint density at radius 1 is 1.62 bits per heavy atom. The van der Waals surface area contributed by atoms with Crippen LogP contribution in [-0.4, -0.2) is 25.2 Å². The zero-order valence-electron chi connectivity index (χ0n) is 7.90. The standard InChI is InChI=1S/C9H16O3S/c1-5-6-3-7(13(11)12)9(2,4-6)8(5)10/h5-8,10H,3-4H2,1-2H3,(H,11,12)/p-1. The number of aliphatic hydroxyl groups is 1. The van der Waals surface area contributed by atoms with Crippen molar-refractivity contribution in [1.82, 2.24) is 0 Å². The predicted octanol–water partition coefficient (Wildman–Crippen LogP) is 0.661. The van der Waals surface area contributed by atoms with Gasteiger partial charge in [-0.25, -0.2) is 0 Å². The Morgan fingerprint density at radius 3 is 2.62 bits per heavy atom. The van der Waals surface area contributed by atoms with E-state index in [1.165, 1.54) is 0 Å². The lowest BCUT2D eigenvalue weighted by atomic mass is 9.79. The molecule has 0 aromatic carbocycles. The van der Waals surface area contributed by atoms with Gasteiger partial charge in [0.1, 0.15) is 0 Å². The highest BCUT2D eigenvalue weighted by Gasteiger charge is 2.58. The van der Waals surface area contributed by atoms with Gasteiger partial charge >= 0.3 is 0 Å². The monoisotopic (exact) mass is 203 g/mol. The van der Waals surface area contributed by atoms with Crippen molar-refractivity contribution in [2.75, 3.05) is 0 Å². The summed E-state index contributed by atoms with van der Waals surface area (Å²) in [5, 5.41) is 9.56. The van der Waals surface area contributed by atoms with E-state index in [1.807, 2.05) is 13.8 Å². The fourth-order valence-electron chi connectivity index (χ4n) is 3.19. The van der Waals surface area contributed by atoms with E-state index in [9.17, 15) is 13.9 Å². The molecule has 0 aromatic rings. The topological polar surface area (TPSA) is 60.4 Å². The number of hydrogen-bond donors (Lipinski definition) is 1. The minimum atomic E-state index is -2.03. The molecule has 2 aliphatic carbocycles. The first-order valence-corrected chi connectivity index (χ1v) is 5.86. The Bertz CT molecular complexity index is 255. The SMILES string of the molecule is CC1C2CC(S(=O)[O-])C(C)(C2)C1O. The smallest absolute Gasteiger partial charge is 0.0633 e. The van der Waals surface area contributed by atoms with E-state index in [2.05, 4.69) is 0 Å². The number of hydrogen-bond acceptors (Lipinski definition) is 3. The summed E-state index contributed by atoms with van der Waals surface area (Å²) in [7, 11) is 0. The Labute approximate surface area is 80.8 Å². The van der Waals surface area contributed by atoms with Gasteiger partial charge in [-0.05, 0) is 24.7 Å². The molecule has 2 bridgehead atoms. The molecule has 6 unspecified atom stereocenters. The average molecular weight is 203 g/mol. The van der Waals surface area contributed by atoms with E-state index in [0.29, 0.717) is 5.92 Å². The summed E-state index contributed by atoms with van der Waals surface area (Å²) >= 11 is -2.03. The van der Waals surface area contributed by atoms with Gasteiger partial charge < -0.3 is 9.66 Å². The fourth-order valence-corrected chi connectivity index (χ4v) is 4.27. The molecule has 0 amide bonds. The van der Waals surface area contributed by atoms with Gasteiger partial charge in [-0.2, -0.15) is 0 Å². The van der Waals surface area contributed by atoms with E-state index < -0.39 is 17.2 Å². The molecular weight excluding hydrogens is 188 g/mol. The zero-order valence-corrected chi connectivity index (χ0v) is 8.71. The molecule has 2 rings (SSSR count). The van der Waals surface area contributed by atoms with Crippen LogP contribution < -0.4 is 0 Å². The van der Waals surface area contributed by atoms with Crippen molar-refractivity contribution < 1.29 is 13.9 Å². The Balaban J connectivity index is 2.29. The molecule has 1 N–H and O–H groups in total. The lowest BCUT2D eigenvalue weighted by Crippen LogP contribution is -2.44. The normalized spacial score (nSPS) is 56.9. The van der Waals surface area contributed by atoms with Gasteiger partial charge in [-0.3, -0.25) is 4.21 Å². The van der Waals surface area contributed by atoms with Crippen LogP contribution >= 0.6 is 0 Å². The zero-order chi connectivity index (χ0) is 9.80. The minimum Gasteiger partial charge on any atom is -0.772 e. The van der Waals surface area contributed by atoms with Gasteiger partial charge in [-0.1, -0.05) is 24.9 Å². The third kappa shape index (κ3) is 1.12. The molecule has 0 saturated heterocycles. The van der Waals surface area contributed by atoms with Gasteiger partial charge in [0.15, 0.2) is 0 Å². The Hall–Kier alpha value is 0.0700. The molecule has 13 heavy (non-hydrogen) atoms. The van der Waals surface area contributed by atoms with Crippen LogP contribution in [0.4, 0.5) is 0 Å². The van der Waals surface area contributed by atoms with E-state index in [0.717, 1.165) is 12.8 Å². The molecule has 0 radical (unpaired) electrons. The molecule has 0 aliphatic heterocycles. The quantitative estimate of drug-likeness (QED) is 0.637. The molecule has 76 valence electrons. The maximum atomic E-state index is 10.9. The second kappa shape index (κ2) is 2.78. The second-order valence-corrected chi connectivity index (χ2v) is 5.85. The molecule has 4 heteroatoms. The molecule has 0 heterocycles. The third-order valence-corrected chi connectivity index (χ3v) is 5.30. The summed E-state index contributed by atoms with van der Waals surface area (Å²) in [4.78, 5) is 0. The lowest BCUT2D eigenvalue weighted by Gasteiger charge is -2.39. The molecule has 6 atom stereocenters. The summed E-state index contributed by atoms with van der Waals surface area (Å²) in [6.07, 6.45) is 1.17. The lowest BCUT2D eigenvalue weighted by molar-refractivity contribution is 0.0192. The van der Waals surface area contributed by atoms with Crippen LogP contribution in [0.3, 0.4) is 0 Å². The number of rotatable bonds is 1. The van der Waals surface area contributed by atoms with Gasteiger partial charge in [0.05, 0.1) is 6.10 Å². The highest BCUT2D eigenvalue weighted by Crippen LogP contribution is 2.58. The molecule has 0 spiro atoms. The first-order chi connectivity index (χ1) is 5.97. The molecule has 0 aromatic heterocycles. The minimum absolute atomic E-state index is 0.268. The summed E-state index contributed by atoms with van der Waals surface area (Å²) in [5.41, 5.74) is -0.378. The molecule has 2 aliphatic rings. The van der Waals surface area contributed by atoms with Crippen LogP contribution in [0.15, 0.2) is 0 Å². The highest BCUT2D eigenvalue weighted by atomic mass is 32.2. The van der Waals surface area contributed by atoms with Crippen molar-refractivity contribution in [1.29, 1.82) is 0 Å². The van der Waals surface area contributed by atoms with E-state index in [1.54, 1.807) is 0 Å². The third-order valence-electron chi connectivity index (χ3n) is 4.10.